The molecule has 1 unspecified atom stereocenters. The lowest BCUT2D eigenvalue weighted by atomic mass is 9.72. The Morgan fingerprint density at radius 3 is 2.84 bits per heavy atom. The Labute approximate surface area is 190 Å². The topological polar surface area (TPSA) is 70.6 Å². The summed E-state index contributed by atoms with van der Waals surface area (Å²) in [6, 6.07) is 14.2. The van der Waals surface area contributed by atoms with E-state index in [0.717, 1.165) is 49.0 Å². The molecule has 1 saturated heterocycles. The van der Waals surface area contributed by atoms with Crippen molar-refractivity contribution in [2.75, 3.05) is 26.7 Å². The molecule has 2 atom stereocenters. The van der Waals surface area contributed by atoms with Gasteiger partial charge in [-0.1, -0.05) is 54.9 Å². The van der Waals surface area contributed by atoms with Crippen molar-refractivity contribution in [1.82, 2.24) is 10.6 Å². The summed E-state index contributed by atoms with van der Waals surface area (Å²) in [6.45, 7) is 4.29. The zero-order chi connectivity index (χ0) is 22.3. The summed E-state index contributed by atoms with van der Waals surface area (Å²) in [6.07, 6.45) is 3.59. The highest BCUT2D eigenvalue weighted by atomic mass is 35.5. The van der Waals surface area contributed by atoms with Crippen molar-refractivity contribution in [2.45, 2.75) is 44.6 Å². The van der Waals surface area contributed by atoms with E-state index in [2.05, 4.69) is 40.5 Å². The maximum atomic E-state index is 12.2. The molecule has 0 aromatic heterocycles. The van der Waals surface area contributed by atoms with Crippen LogP contribution in [0.5, 0.6) is 0 Å². The molecule has 3 rings (SSSR count). The molecule has 1 amide bonds. The minimum atomic E-state index is -1.06. The molecule has 0 bridgehead atoms. The van der Waals surface area contributed by atoms with Gasteiger partial charge < -0.3 is 20.5 Å². The maximum Gasteiger partial charge on any atom is 0.406 e. The molecule has 31 heavy (non-hydrogen) atoms. The van der Waals surface area contributed by atoms with Gasteiger partial charge in [-0.2, -0.15) is 0 Å². The Balaban J connectivity index is 2.00. The zero-order valence-electron chi connectivity index (χ0n) is 18.4. The number of halogens is 1. The van der Waals surface area contributed by atoms with Crippen molar-refractivity contribution in [2.24, 2.45) is 5.92 Å². The predicted molar refractivity (Wildman–Crippen MR) is 125 cm³/mol. The van der Waals surface area contributed by atoms with E-state index >= 15 is 0 Å². The van der Waals surface area contributed by atoms with Gasteiger partial charge in [0, 0.05) is 29.6 Å². The van der Waals surface area contributed by atoms with E-state index in [1.807, 2.05) is 24.3 Å². The second-order valence-corrected chi connectivity index (χ2v) is 8.61. The Bertz CT molecular complexity index is 883. The number of carbonyl (C=O) groups is 1. The van der Waals surface area contributed by atoms with Crippen LogP contribution >= 0.6 is 11.6 Å². The first-order chi connectivity index (χ1) is 15.0. The van der Waals surface area contributed by atoms with E-state index < -0.39 is 11.7 Å². The number of hydrogen-bond acceptors (Lipinski definition) is 4. The Morgan fingerprint density at radius 1 is 1.32 bits per heavy atom. The largest absolute Gasteiger partial charge is 0.453 e. The van der Waals surface area contributed by atoms with E-state index in [1.54, 1.807) is 0 Å². The van der Waals surface area contributed by atoms with Crippen LogP contribution < -0.4 is 10.6 Å². The highest BCUT2D eigenvalue weighted by molar-refractivity contribution is 6.33. The molecule has 1 heterocycles. The molecule has 168 valence electrons. The lowest BCUT2D eigenvalue weighted by molar-refractivity contribution is -0.0415. The molecule has 2 aromatic rings. The van der Waals surface area contributed by atoms with Crippen LogP contribution in [0.1, 0.15) is 43.7 Å². The number of aryl methyl sites for hydroxylation is 1. The van der Waals surface area contributed by atoms with Gasteiger partial charge >= 0.3 is 6.09 Å². The van der Waals surface area contributed by atoms with Crippen molar-refractivity contribution in [3.63, 3.8) is 0 Å². The summed E-state index contributed by atoms with van der Waals surface area (Å²) in [5.74, 6) is 0.0611. The molecular weight excluding hydrogens is 412 g/mol. The fourth-order valence-electron chi connectivity index (χ4n) is 4.56. The second kappa shape index (κ2) is 11.0. The van der Waals surface area contributed by atoms with Gasteiger partial charge in [0.1, 0.15) is 0 Å². The number of piperidine rings is 1. The SMILES string of the molecule is CCc1cccc(-c2c(Cl)cccc2C(O)(CCCNC(=O)OC)[C@@H]2CCCNC2)c1. The molecule has 5 nitrogen and oxygen atoms in total. The highest BCUT2D eigenvalue weighted by Gasteiger charge is 2.40. The molecule has 0 spiro atoms. The molecule has 6 heteroatoms. The Kier molecular flexibility index (Phi) is 8.35. The second-order valence-electron chi connectivity index (χ2n) is 8.21. The number of ether oxygens (including phenoxy) is 1. The van der Waals surface area contributed by atoms with Crippen molar-refractivity contribution in [1.29, 1.82) is 0 Å². The van der Waals surface area contributed by atoms with Gasteiger partial charge in [-0.3, -0.25) is 0 Å². The first-order valence-electron chi connectivity index (χ1n) is 11.1. The third kappa shape index (κ3) is 5.59. The number of alkyl carbamates (subject to hydrolysis) is 1. The van der Waals surface area contributed by atoms with Gasteiger partial charge in [-0.05, 0) is 61.4 Å². The van der Waals surface area contributed by atoms with E-state index in [1.165, 1.54) is 12.7 Å². The summed E-state index contributed by atoms with van der Waals surface area (Å²) in [5.41, 5.74) is 2.95. The zero-order valence-corrected chi connectivity index (χ0v) is 19.2. The molecule has 0 saturated carbocycles. The molecule has 1 fully saturated rings. The summed E-state index contributed by atoms with van der Waals surface area (Å²) >= 11 is 6.73. The fraction of sp³-hybridized carbons (Fsp3) is 0.480. The van der Waals surface area contributed by atoms with Gasteiger partial charge in [0.2, 0.25) is 0 Å². The number of methoxy groups -OCH3 is 1. The highest BCUT2D eigenvalue weighted by Crippen LogP contribution is 2.44. The molecule has 3 N–H and O–H groups in total. The minimum absolute atomic E-state index is 0.0611. The van der Waals surface area contributed by atoms with Crippen molar-refractivity contribution < 1.29 is 14.6 Å². The number of carbonyl (C=O) groups excluding carboxylic acids is 1. The van der Waals surface area contributed by atoms with Crippen molar-refractivity contribution in [3.8, 4) is 11.1 Å². The summed E-state index contributed by atoms with van der Waals surface area (Å²) in [4.78, 5) is 11.4. The van der Waals surface area contributed by atoms with Crippen molar-refractivity contribution >= 4 is 17.7 Å². The monoisotopic (exact) mass is 444 g/mol. The smallest absolute Gasteiger partial charge is 0.406 e. The average Bonchev–Trinajstić information content (AvgIpc) is 2.81. The quantitative estimate of drug-likeness (QED) is 0.507. The van der Waals surface area contributed by atoms with Crippen LogP contribution in [-0.4, -0.2) is 37.9 Å². The number of hydrogen-bond donors (Lipinski definition) is 3. The molecule has 0 radical (unpaired) electrons. The number of amides is 1. The summed E-state index contributed by atoms with van der Waals surface area (Å²) in [7, 11) is 1.35. The summed E-state index contributed by atoms with van der Waals surface area (Å²) < 4.78 is 4.66. The molecule has 0 aliphatic carbocycles. The average molecular weight is 445 g/mol. The third-order valence-electron chi connectivity index (χ3n) is 6.27. The normalized spacial score (nSPS) is 18.3. The van der Waals surface area contributed by atoms with E-state index in [0.29, 0.717) is 24.4 Å². The Morgan fingerprint density at radius 2 is 2.13 bits per heavy atom. The molecule has 1 aliphatic rings. The lowest BCUT2D eigenvalue weighted by Crippen LogP contribution is -2.45. The maximum absolute atomic E-state index is 12.2. The minimum Gasteiger partial charge on any atom is -0.453 e. The number of aliphatic hydroxyl groups is 1. The third-order valence-corrected chi connectivity index (χ3v) is 6.58. The fourth-order valence-corrected chi connectivity index (χ4v) is 4.85. The lowest BCUT2D eigenvalue weighted by Gasteiger charge is -2.40. The Hall–Kier alpha value is -2.08. The van der Waals surface area contributed by atoms with Crippen LogP contribution in [0.4, 0.5) is 4.79 Å². The summed E-state index contributed by atoms with van der Waals surface area (Å²) in [5, 5.41) is 19.0. The van der Waals surface area contributed by atoms with Crippen LogP contribution in [0.15, 0.2) is 42.5 Å². The van der Waals surface area contributed by atoms with Crippen LogP contribution in [0.25, 0.3) is 11.1 Å². The molecular formula is C25H33ClN2O3. The van der Waals surface area contributed by atoms with E-state index in [-0.39, 0.29) is 5.92 Å². The van der Waals surface area contributed by atoms with Crippen LogP contribution in [0.2, 0.25) is 5.02 Å². The van der Waals surface area contributed by atoms with Crippen LogP contribution in [-0.2, 0) is 16.8 Å². The first-order valence-corrected chi connectivity index (χ1v) is 11.5. The van der Waals surface area contributed by atoms with Crippen LogP contribution in [0, 0.1) is 5.92 Å². The van der Waals surface area contributed by atoms with Gasteiger partial charge in [-0.25, -0.2) is 4.79 Å². The number of benzene rings is 2. The van der Waals surface area contributed by atoms with Gasteiger partial charge in [0.05, 0.1) is 12.7 Å². The van der Waals surface area contributed by atoms with E-state index in [9.17, 15) is 9.90 Å². The molecule has 2 aromatic carbocycles. The first kappa shape index (κ1) is 23.6. The van der Waals surface area contributed by atoms with E-state index in [4.69, 9.17) is 11.6 Å². The van der Waals surface area contributed by atoms with Gasteiger partial charge in [0.15, 0.2) is 0 Å². The number of nitrogens with one attached hydrogen (secondary N) is 2. The van der Waals surface area contributed by atoms with Crippen LogP contribution in [0.3, 0.4) is 0 Å². The standard InChI is InChI=1S/C25H33ClN2O3/c1-3-18-8-4-9-19(16-18)23-21(11-5-12-22(23)26)25(30,20-10-6-14-27-17-20)13-7-15-28-24(29)31-2/h4-5,8-9,11-12,16,20,27,30H,3,6-7,10,13-15,17H2,1-2H3,(H,28,29)/t20-,25?/m1/s1. The van der Waals surface area contributed by atoms with Gasteiger partial charge in [-0.15, -0.1) is 0 Å². The number of rotatable bonds is 8. The van der Waals surface area contributed by atoms with Crippen molar-refractivity contribution in [3.05, 3.63) is 58.6 Å². The van der Waals surface area contributed by atoms with Gasteiger partial charge in [0.25, 0.3) is 0 Å². The molecule has 1 aliphatic heterocycles. The predicted octanol–water partition coefficient (Wildman–Crippen LogP) is 4.89.